The third-order valence-corrected chi connectivity index (χ3v) is 4.28. The molecule has 2 aromatic rings. The van der Waals surface area contributed by atoms with Gasteiger partial charge in [0.15, 0.2) is 0 Å². The highest BCUT2D eigenvalue weighted by atomic mass is 16.1. The van der Waals surface area contributed by atoms with E-state index in [1.54, 1.807) is 0 Å². The lowest BCUT2D eigenvalue weighted by Crippen LogP contribution is -2.21. The van der Waals surface area contributed by atoms with E-state index in [4.69, 9.17) is 0 Å². The van der Waals surface area contributed by atoms with Crippen molar-refractivity contribution in [3.8, 4) is 0 Å². The first-order chi connectivity index (χ1) is 9.38. The Labute approximate surface area is 122 Å². The molecule has 106 valence electrons. The van der Waals surface area contributed by atoms with Crippen molar-refractivity contribution in [2.24, 2.45) is 11.3 Å². The lowest BCUT2D eigenvalue weighted by Gasteiger charge is -2.26. The fraction of sp³-hybridized carbons (Fsp3) is 0.421. The first-order valence-electron chi connectivity index (χ1n) is 7.36. The molecule has 0 bridgehead atoms. The number of fused-ring (bicyclic) bond motifs is 1. The molecule has 1 atom stereocenters. The lowest BCUT2D eigenvalue weighted by atomic mass is 9.78. The summed E-state index contributed by atoms with van der Waals surface area (Å²) in [6.45, 7) is 8.76. The maximum Gasteiger partial charge on any atom is 0.137 e. The largest absolute Gasteiger partial charge is 0.299 e. The summed E-state index contributed by atoms with van der Waals surface area (Å²) < 4.78 is 0. The van der Waals surface area contributed by atoms with Crippen LogP contribution in [0.25, 0.3) is 10.8 Å². The third-order valence-electron chi connectivity index (χ3n) is 4.28. The second-order valence-electron chi connectivity index (χ2n) is 6.82. The molecule has 0 amide bonds. The van der Waals surface area contributed by atoms with Crippen molar-refractivity contribution in [3.05, 3.63) is 48.0 Å². The summed E-state index contributed by atoms with van der Waals surface area (Å²) in [5, 5.41) is 2.41. The second-order valence-corrected chi connectivity index (χ2v) is 6.82. The molecule has 1 unspecified atom stereocenters. The normalized spacial score (nSPS) is 13.4. The van der Waals surface area contributed by atoms with Gasteiger partial charge < -0.3 is 0 Å². The Morgan fingerprint density at radius 1 is 1.05 bits per heavy atom. The van der Waals surface area contributed by atoms with Crippen molar-refractivity contribution < 1.29 is 4.79 Å². The SMILES string of the molecule is CC(CC(=O)Cc1cccc2ccccc12)C(C)(C)C. The molecular formula is C19H24O. The quantitative estimate of drug-likeness (QED) is 0.760. The van der Waals surface area contributed by atoms with Crippen LogP contribution in [0, 0.1) is 11.3 Å². The number of hydrogen-bond donors (Lipinski definition) is 0. The van der Waals surface area contributed by atoms with E-state index in [1.807, 2.05) is 18.2 Å². The number of carbonyl (C=O) groups excluding carboxylic acids is 1. The standard InChI is InChI=1S/C19H24O/c1-14(19(2,3)4)12-17(20)13-16-10-7-9-15-8-5-6-11-18(15)16/h5-11,14H,12-13H2,1-4H3. The minimum Gasteiger partial charge on any atom is -0.299 e. The molecule has 0 N–H and O–H groups in total. The van der Waals surface area contributed by atoms with E-state index in [-0.39, 0.29) is 5.41 Å². The van der Waals surface area contributed by atoms with Crippen LogP contribution in [0.1, 0.15) is 39.7 Å². The van der Waals surface area contributed by atoms with Gasteiger partial charge in [-0.3, -0.25) is 4.79 Å². The summed E-state index contributed by atoms with van der Waals surface area (Å²) in [6, 6.07) is 14.5. The first-order valence-corrected chi connectivity index (χ1v) is 7.36. The topological polar surface area (TPSA) is 17.1 Å². The molecule has 0 aliphatic heterocycles. The predicted octanol–water partition coefficient (Wildman–Crippen LogP) is 5.02. The summed E-state index contributed by atoms with van der Waals surface area (Å²) in [4.78, 5) is 12.3. The van der Waals surface area contributed by atoms with E-state index in [0.29, 0.717) is 24.5 Å². The molecule has 0 radical (unpaired) electrons. The van der Waals surface area contributed by atoms with Gasteiger partial charge in [0, 0.05) is 12.8 Å². The van der Waals surface area contributed by atoms with Crippen LogP contribution in [0.4, 0.5) is 0 Å². The van der Waals surface area contributed by atoms with Gasteiger partial charge in [-0.15, -0.1) is 0 Å². The average Bonchev–Trinajstić information content (AvgIpc) is 2.38. The van der Waals surface area contributed by atoms with Crippen LogP contribution in [-0.4, -0.2) is 5.78 Å². The number of Topliss-reactive ketones (excluding diaryl/α,β-unsaturated/α-hetero) is 1. The van der Waals surface area contributed by atoms with Gasteiger partial charge in [-0.05, 0) is 27.7 Å². The Morgan fingerprint density at radius 2 is 1.70 bits per heavy atom. The van der Waals surface area contributed by atoms with Crippen molar-refractivity contribution in [1.29, 1.82) is 0 Å². The van der Waals surface area contributed by atoms with Crippen LogP contribution in [0.3, 0.4) is 0 Å². The Kier molecular flexibility index (Phi) is 4.27. The van der Waals surface area contributed by atoms with Crippen molar-refractivity contribution in [2.45, 2.75) is 40.5 Å². The zero-order valence-electron chi connectivity index (χ0n) is 12.9. The summed E-state index contributed by atoms with van der Waals surface area (Å²) in [5.41, 5.74) is 1.34. The van der Waals surface area contributed by atoms with E-state index >= 15 is 0 Å². The van der Waals surface area contributed by atoms with Crippen LogP contribution in [0.15, 0.2) is 42.5 Å². The number of benzene rings is 2. The van der Waals surface area contributed by atoms with E-state index in [2.05, 4.69) is 52.0 Å². The van der Waals surface area contributed by atoms with Crippen LogP contribution < -0.4 is 0 Å². The molecule has 0 spiro atoms. The third kappa shape index (κ3) is 3.47. The van der Waals surface area contributed by atoms with Gasteiger partial charge in [0.2, 0.25) is 0 Å². The van der Waals surface area contributed by atoms with E-state index < -0.39 is 0 Å². The van der Waals surface area contributed by atoms with Gasteiger partial charge in [-0.1, -0.05) is 70.2 Å². The highest BCUT2D eigenvalue weighted by Crippen LogP contribution is 2.29. The van der Waals surface area contributed by atoms with Crippen LogP contribution >= 0.6 is 0 Å². The number of rotatable bonds is 4. The number of carbonyl (C=O) groups is 1. The predicted molar refractivity (Wildman–Crippen MR) is 85.9 cm³/mol. The minimum absolute atomic E-state index is 0.189. The Balaban J connectivity index is 2.15. The highest BCUT2D eigenvalue weighted by Gasteiger charge is 2.22. The maximum atomic E-state index is 12.3. The maximum absolute atomic E-state index is 12.3. The molecule has 2 aromatic carbocycles. The van der Waals surface area contributed by atoms with Crippen LogP contribution in [0.2, 0.25) is 0 Å². The monoisotopic (exact) mass is 268 g/mol. The molecule has 0 saturated heterocycles. The van der Waals surface area contributed by atoms with Crippen molar-refractivity contribution in [1.82, 2.24) is 0 Å². The molecule has 0 saturated carbocycles. The van der Waals surface area contributed by atoms with Crippen molar-refractivity contribution in [2.75, 3.05) is 0 Å². The zero-order valence-corrected chi connectivity index (χ0v) is 12.9. The second kappa shape index (κ2) is 5.78. The average molecular weight is 268 g/mol. The van der Waals surface area contributed by atoms with Crippen molar-refractivity contribution >= 4 is 16.6 Å². The number of ketones is 1. The fourth-order valence-corrected chi connectivity index (χ4v) is 2.38. The van der Waals surface area contributed by atoms with Gasteiger partial charge in [0.1, 0.15) is 5.78 Å². The van der Waals surface area contributed by atoms with Crippen LogP contribution in [-0.2, 0) is 11.2 Å². The summed E-state index contributed by atoms with van der Waals surface area (Å²) in [6.07, 6.45) is 1.20. The number of hydrogen-bond acceptors (Lipinski definition) is 1. The molecule has 0 fully saturated rings. The first kappa shape index (κ1) is 14.8. The molecule has 0 aliphatic carbocycles. The van der Waals surface area contributed by atoms with Crippen molar-refractivity contribution in [3.63, 3.8) is 0 Å². The molecule has 1 nitrogen and oxygen atoms in total. The highest BCUT2D eigenvalue weighted by molar-refractivity contribution is 5.90. The molecule has 0 heterocycles. The molecule has 1 heteroatoms. The van der Waals surface area contributed by atoms with Gasteiger partial charge in [-0.25, -0.2) is 0 Å². The zero-order chi connectivity index (χ0) is 14.8. The van der Waals surface area contributed by atoms with E-state index in [1.165, 1.54) is 10.8 Å². The van der Waals surface area contributed by atoms with E-state index in [9.17, 15) is 4.79 Å². The lowest BCUT2D eigenvalue weighted by molar-refractivity contribution is -0.119. The van der Waals surface area contributed by atoms with Gasteiger partial charge in [-0.2, -0.15) is 0 Å². The smallest absolute Gasteiger partial charge is 0.137 e. The molecule has 2 rings (SSSR count). The molecule has 0 aliphatic rings. The summed E-state index contributed by atoms with van der Waals surface area (Å²) >= 11 is 0. The Morgan fingerprint density at radius 3 is 2.40 bits per heavy atom. The molecular weight excluding hydrogens is 244 g/mol. The molecule has 0 aromatic heterocycles. The summed E-state index contributed by atoms with van der Waals surface area (Å²) in [7, 11) is 0. The fourth-order valence-electron chi connectivity index (χ4n) is 2.38. The van der Waals surface area contributed by atoms with E-state index in [0.717, 1.165) is 5.56 Å². The summed E-state index contributed by atoms with van der Waals surface area (Å²) in [5.74, 6) is 0.744. The van der Waals surface area contributed by atoms with Gasteiger partial charge in [0.05, 0.1) is 0 Å². The van der Waals surface area contributed by atoms with Crippen LogP contribution in [0.5, 0.6) is 0 Å². The minimum atomic E-state index is 0.189. The Hall–Kier alpha value is -1.63. The van der Waals surface area contributed by atoms with Gasteiger partial charge >= 0.3 is 0 Å². The molecule has 20 heavy (non-hydrogen) atoms. The van der Waals surface area contributed by atoms with Gasteiger partial charge in [0.25, 0.3) is 0 Å². The Bertz CT molecular complexity index is 599.